The zero-order valence-electron chi connectivity index (χ0n) is 11.2. The third-order valence-electron chi connectivity index (χ3n) is 4.35. The van der Waals surface area contributed by atoms with Crippen LogP contribution < -0.4 is 5.73 Å². The van der Waals surface area contributed by atoms with E-state index in [1.54, 1.807) is 6.07 Å². The minimum atomic E-state index is 0.0982. The second kappa shape index (κ2) is 5.55. The fraction of sp³-hybridized carbons (Fsp3) is 0.533. The van der Waals surface area contributed by atoms with Crippen LogP contribution in [0.15, 0.2) is 18.2 Å². The summed E-state index contributed by atoms with van der Waals surface area (Å²) in [7, 11) is 0. The van der Waals surface area contributed by atoms with Gasteiger partial charge in [-0.15, -0.1) is 0 Å². The number of amides is 1. The maximum absolute atomic E-state index is 12.4. The summed E-state index contributed by atoms with van der Waals surface area (Å²) in [6.45, 7) is 2.33. The van der Waals surface area contributed by atoms with Crippen molar-refractivity contribution in [2.75, 3.05) is 19.6 Å². The van der Waals surface area contributed by atoms with E-state index in [-0.39, 0.29) is 17.7 Å². The first-order valence-corrected chi connectivity index (χ1v) is 7.79. The molecule has 5 heteroatoms. The highest BCUT2D eigenvalue weighted by Crippen LogP contribution is 2.49. The van der Waals surface area contributed by atoms with Gasteiger partial charge in [0.25, 0.3) is 0 Å². The van der Waals surface area contributed by atoms with Gasteiger partial charge in [0.2, 0.25) is 5.91 Å². The lowest BCUT2D eigenvalue weighted by Crippen LogP contribution is -2.31. The molecule has 1 saturated carbocycles. The summed E-state index contributed by atoms with van der Waals surface area (Å²) in [5.41, 5.74) is 6.75. The van der Waals surface area contributed by atoms with Crippen molar-refractivity contribution in [3.63, 3.8) is 0 Å². The molecule has 1 aliphatic carbocycles. The van der Waals surface area contributed by atoms with Crippen LogP contribution in [-0.4, -0.2) is 30.4 Å². The second-order valence-electron chi connectivity index (χ2n) is 5.83. The Morgan fingerprint density at radius 2 is 2.00 bits per heavy atom. The Kier molecular flexibility index (Phi) is 3.93. The van der Waals surface area contributed by atoms with Crippen molar-refractivity contribution in [2.24, 2.45) is 17.6 Å². The van der Waals surface area contributed by atoms with E-state index in [4.69, 9.17) is 28.9 Å². The van der Waals surface area contributed by atoms with Crippen molar-refractivity contribution < 1.29 is 4.79 Å². The van der Waals surface area contributed by atoms with Gasteiger partial charge in [-0.2, -0.15) is 0 Å². The Labute approximate surface area is 129 Å². The van der Waals surface area contributed by atoms with Crippen LogP contribution in [0.4, 0.5) is 0 Å². The molecule has 3 rings (SSSR count). The van der Waals surface area contributed by atoms with Crippen LogP contribution in [0.5, 0.6) is 0 Å². The zero-order chi connectivity index (χ0) is 14.3. The topological polar surface area (TPSA) is 46.3 Å². The molecule has 0 radical (unpaired) electrons. The highest BCUT2D eigenvalue weighted by molar-refractivity contribution is 6.34. The third kappa shape index (κ3) is 2.80. The molecule has 0 bridgehead atoms. The van der Waals surface area contributed by atoms with E-state index in [2.05, 4.69) is 0 Å². The summed E-state index contributed by atoms with van der Waals surface area (Å²) in [5, 5.41) is 1.27. The lowest BCUT2D eigenvalue weighted by molar-refractivity contribution is -0.131. The largest absolute Gasteiger partial charge is 0.342 e. The van der Waals surface area contributed by atoms with Gasteiger partial charge in [0, 0.05) is 29.1 Å². The van der Waals surface area contributed by atoms with Gasteiger partial charge in [0.05, 0.1) is 0 Å². The van der Waals surface area contributed by atoms with Crippen molar-refractivity contribution in [1.29, 1.82) is 0 Å². The summed E-state index contributed by atoms with van der Waals surface area (Å²) < 4.78 is 0. The number of rotatable bonds is 3. The lowest BCUT2D eigenvalue weighted by Gasteiger charge is -2.16. The molecular weight excluding hydrogens is 295 g/mol. The first-order chi connectivity index (χ1) is 9.58. The fourth-order valence-electron chi connectivity index (χ4n) is 3.09. The van der Waals surface area contributed by atoms with Gasteiger partial charge in [-0.25, -0.2) is 0 Å². The van der Waals surface area contributed by atoms with E-state index in [9.17, 15) is 4.79 Å². The molecule has 0 spiro atoms. The molecule has 1 aromatic carbocycles. The van der Waals surface area contributed by atoms with Crippen LogP contribution in [-0.2, 0) is 4.79 Å². The number of carbonyl (C=O) groups excluding carboxylic acids is 1. The van der Waals surface area contributed by atoms with Crippen molar-refractivity contribution in [3.05, 3.63) is 33.8 Å². The molecule has 3 atom stereocenters. The Bertz CT molecular complexity index is 514. The van der Waals surface area contributed by atoms with Crippen molar-refractivity contribution >= 4 is 29.1 Å². The zero-order valence-corrected chi connectivity index (χ0v) is 12.7. The van der Waals surface area contributed by atoms with Crippen LogP contribution >= 0.6 is 23.2 Å². The quantitative estimate of drug-likeness (QED) is 0.932. The number of nitrogens with zero attached hydrogens (tertiary/aromatic N) is 1. The minimum Gasteiger partial charge on any atom is -0.342 e. The van der Waals surface area contributed by atoms with Gasteiger partial charge < -0.3 is 10.6 Å². The van der Waals surface area contributed by atoms with Crippen molar-refractivity contribution in [3.8, 4) is 0 Å². The molecule has 2 aliphatic rings. The number of hydrogen-bond acceptors (Lipinski definition) is 2. The van der Waals surface area contributed by atoms with Gasteiger partial charge in [0.1, 0.15) is 0 Å². The summed E-state index contributed by atoms with van der Waals surface area (Å²) in [6, 6.07) is 5.55. The average molecular weight is 313 g/mol. The first-order valence-electron chi connectivity index (χ1n) is 7.03. The predicted octanol–water partition coefficient (Wildman–Crippen LogP) is 2.90. The molecule has 108 valence electrons. The molecule has 1 heterocycles. The Hall–Kier alpha value is -0.770. The summed E-state index contributed by atoms with van der Waals surface area (Å²) in [4.78, 5) is 14.4. The monoisotopic (exact) mass is 312 g/mol. The molecule has 1 amide bonds. The van der Waals surface area contributed by atoms with Gasteiger partial charge in [-0.05, 0) is 55.0 Å². The highest BCUT2D eigenvalue weighted by atomic mass is 35.5. The van der Waals surface area contributed by atoms with Crippen LogP contribution in [0.3, 0.4) is 0 Å². The Morgan fingerprint density at radius 1 is 1.30 bits per heavy atom. The SMILES string of the molecule is NC[C@@H]1CCN(C(=O)[C@H]2C[C@@H]2c2cc(Cl)cc(Cl)c2)C1. The molecular formula is C15H18Cl2N2O. The lowest BCUT2D eigenvalue weighted by atomic mass is 10.1. The standard InChI is InChI=1S/C15H18Cl2N2O/c16-11-3-10(4-12(17)5-11)13-6-14(13)15(20)19-2-1-9(7-18)8-19/h3-5,9,13-14H,1-2,6-8,18H2/t9-,13+,14-/m0/s1. The van der Waals surface area contributed by atoms with Gasteiger partial charge in [-0.1, -0.05) is 23.2 Å². The van der Waals surface area contributed by atoms with Crippen LogP contribution in [0.25, 0.3) is 0 Å². The highest BCUT2D eigenvalue weighted by Gasteiger charge is 2.46. The Morgan fingerprint density at radius 3 is 2.60 bits per heavy atom. The molecule has 20 heavy (non-hydrogen) atoms. The molecule has 1 aliphatic heterocycles. The second-order valence-corrected chi connectivity index (χ2v) is 6.70. The van der Waals surface area contributed by atoms with E-state index in [0.29, 0.717) is 22.5 Å². The molecule has 2 N–H and O–H groups in total. The molecule has 3 nitrogen and oxygen atoms in total. The number of nitrogens with two attached hydrogens (primary N) is 1. The molecule has 0 unspecified atom stereocenters. The van der Waals surface area contributed by atoms with Gasteiger partial charge in [-0.3, -0.25) is 4.79 Å². The van der Waals surface area contributed by atoms with E-state index in [1.165, 1.54) is 0 Å². The van der Waals surface area contributed by atoms with E-state index < -0.39 is 0 Å². The van der Waals surface area contributed by atoms with Crippen LogP contribution in [0.2, 0.25) is 10.0 Å². The minimum absolute atomic E-state index is 0.0982. The average Bonchev–Trinajstić information content (AvgIpc) is 3.06. The summed E-state index contributed by atoms with van der Waals surface area (Å²) >= 11 is 12.0. The van der Waals surface area contributed by atoms with E-state index in [0.717, 1.165) is 31.5 Å². The van der Waals surface area contributed by atoms with E-state index >= 15 is 0 Å². The van der Waals surface area contributed by atoms with Crippen LogP contribution in [0, 0.1) is 11.8 Å². The molecule has 1 saturated heterocycles. The summed E-state index contributed by atoms with van der Waals surface area (Å²) in [6.07, 6.45) is 1.93. The first kappa shape index (κ1) is 14.2. The Balaban J connectivity index is 1.65. The normalized spacial score (nSPS) is 28.8. The summed E-state index contributed by atoms with van der Waals surface area (Å²) in [5.74, 6) is 1.11. The number of halogens is 2. The molecule has 2 fully saturated rings. The molecule has 1 aromatic rings. The van der Waals surface area contributed by atoms with Crippen molar-refractivity contribution in [1.82, 2.24) is 4.90 Å². The fourth-order valence-corrected chi connectivity index (χ4v) is 3.63. The van der Waals surface area contributed by atoms with Crippen molar-refractivity contribution in [2.45, 2.75) is 18.8 Å². The van der Waals surface area contributed by atoms with Gasteiger partial charge >= 0.3 is 0 Å². The molecule has 0 aromatic heterocycles. The smallest absolute Gasteiger partial charge is 0.226 e. The number of benzene rings is 1. The van der Waals surface area contributed by atoms with Gasteiger partial charge in [0.15, 0.2) is 0 Å². The number of carbonyl (C=O) groups is 1. The van der Waals surface area contributed by atoms with Crippen LogP contribution in [0.1, 0.15) is 24.3 Å². The van der Waals surface area contributed by atoms with E-state index in [1.807, 2.05) is 17.0 Å². The predicted molar refractivity (Wildman–Crippen MR) is 81.1 cm³/mol. The maximum Gasteiger partial charge on any atom is 0.226 e. The number of hydrogen-bond donors (Lipinski definition) is 1. The number of likely N-dealkylation sites (tertiary alicyclic amines) is 1. The third-order valence-corrected chi connectivity index (χ3v) is 4.79. The maximum atomic E-state index is 12.4.